The second kappa shape index (κ2) is 9.60. The highest BCUT2D eigenvalue weighted by molar-refractivity contribution is 6.39. The van der Waals surface area contributed by atoms with Crippen molar-refractivity contribution in [2.75, 3.05) is 36.4 Å². The van der Waals surface area contributed by atoms with E-state index in [9.17, 15) is 24.0 Å². The van der Waals surface area contributed by atoms with Crippen LogP contribution in [0.5, 0.6) is 0 Å². The highest BCUT2D eigenvalue weighted by Gasteiger charge is 2.33. The molecule has 36 heavy (non-hydrogen) atoms. The molecule has 5 rings (SSSR count). The van der Waals surface area contributed by atoms with Gasteiger partial charge in [-0.2, -0.15) is 0 Å². The molecule has 2 aromatic rings. The van der Waals surface area contributed by atoms with E-state index < -0.39 is 11.8 Å². The number of anilines is 2. The van der Waals surface area contributed by atoms with Crippen LogP contribution in [0.1, 0.15) is 40.7 Å². The zero-order valence-corrected chi connectivity index (χ0v) is 20.2. The number of amides is 4. The Balaban J connectivity index is 1.12. The van der Waals surface area contributed by atoms with Gasteiger partial charge in [-0.1, -0.05) is 0 Å². The summed E-state index contributed by atoms with van der Waals surface area (Å²) in [5, 5.41) is 5.37. The minimum Gasteiger partial charge on any atom is -0.348 e. The SMILES string of the molecule is Cn1cccc(C(=O)N2CCC(CNC(=O)C(=O)Nc3cc4c5c(c3)CC(=O)N5CCC4)CC2)c1=O. The number of carbonyl (C=O) groups is 4. The van der Waals surface area contributed by atoms with Gasteiger partial charge in [0.25, 0.3) is 11.5 Å². The molecule has 10 nitrogen and oxygen atoms in total. The lowest BCUT2D eigenvalue weighted by molar-refractivity contribution is -0.136. The molecule has 0 aliphatic carbocycles. The summed E-state index contributed by atoms with van der Waals surface area (Å²) in [5.41, 5.74) is 3.24. The first-order chi connectivity index (χ1) is 17.3. The number of nitrogens with one attached hydrogen (secondary N) is 2. The Hall–Kier alpha value is -3.95. The molecule has 4 amide bonds. The van der Waals surface area contributed by atoms with Gasteiger partial charge in [0.05, 0.1) is 12.1 Å². The van der Waals surface area contributed by atoms with Crippen molar-refractivity contribution in [3.8, 4) is 0 Å². The molecule has 0 atom stereocenters. The summed E-state index contributed by atoms with van der Waals surface area (Å²) >= 11 is 0. The molecule has 0 unspecified atom stereocenters. The second-order valence-electron chi connectivity index (χ2n) is 9.71. The zero-order chi connectivity index (χ0) is 25.4. The highest BCUT2D eigenvalue weighted by atomic mass is 16.2. The summed E-state index contributed by atoms with van der Waals surface area (Å²) in [4.78, 5) is 65.6. The maximum atomic E-state index is 12.7. The van der Waals surface area contributed by atoms with Crippen molar-refractivity contribution >= 4 is 35.0 Å². The van der Waals surface area contributed by atoms with Crippen LogP contribution in [-0.4, -0.2) is 59.3 Å². The van der Waals surface area contributed by atoms with Gasteiger partial charge in [-0.05, 0) is 67.0 Å². The maximum Gasteiger partial charge on any atom is 0.313 e. The molecular formula is C26H29N5O5. The van der Waals surface area contributed by atoms with Crippen molar-refractivity contribution in [1.29, 1.82) is 0 Å². The Morgan fingerprint density at radius 3 is 2.56 bits per heavy atom. The summed E-state index contributed by atoms with van der Waals surface area (Å²) < 4.78 is 1.38. The van der Waals surface area contributed by atoms with E-state index in [4.69, 9.17) is 0 Å². The van der Waals surface area contributed by atoms with E-state index in [2.05, 4.69) is 10.6 Å². The maximum absolute atomic E-state index is 12.7. The number of benzene rings is 1. The van der Waals surface area contributed by atoms with Crippen molar-refractivity contribution in [2.24, 2.45) is 13.0 Å². The predicted octanol–water partition coefficient (Wildman–Crippen LogP) is 0.828. The van der Waals surface area contributed by atoms with Crippen LogP contribution in [0.3, 0.4) is 0 Å². The third kappa shape index (κ3) is 4.50. The van der Waals surface area contributed by atoms with Gasteiger partial charge in [-0.15, -0.1) is 0 Å². The number of carbonyl (C=O) groups excluding carboxylic acids is 4. The Bertz CT molecular complexity index is 1310. The summed E-state index contributed by atoms with van der Waals surface area (Å²) in [5.74, 6) is -1.53. The van der Waals surface area contributed by atoms with Crippen molar-refractivity contribution in [2.45, 2.75) is 32.1 Å². The molecular weight excluding hydrogens is 462 g/mol. The lowest BCUT2D eigenvalue weighted by Crippen LogP contribution is -2.44. The van der Waals surface area contributed by atoms with Gasteiger partial charge in [0.15, 0.2) is 0 Å². The highest BCUT2D eigenvalue weighted by Crippen LogP contribution is 2.38. The van der Waals surface area contributed by atoms with Crippen molar-refractivity contribution < 1.29 is 19.2 Å². The summed E-state index contributed by atoms with van der Waals surface area (Å²) in [6.07, 6.45) is 4.97. The van der Waals surface area contributed by atoms with Crippen LogP contribution in [0.25, 0.3) is 0 Å². The van der Waals surface area contributed by atoms with Gasteiger partial charge in [0, 0.05) is 45.1 Å². The van der Waals surface area contributed by atoms with E-state index in [-0.39, 0.29) is 28.9 Å². The third-order valence-corrected chi connectivity index (χ3v) is 7.28. The standard InChI is InChI=1S/C26H29N5O5/c1-29-8-3-5-20(25(29)35)26(36)30-10-6-16(7-11-30)15-27-23(33)24(34)28-19-12-17-4-2-9-31-21(32)14-18(13-19)22(17)31/h3,5,8,12-13,16H,2,4,6-7,9-11,14-15H2,1H3,(H,27,33)(H,28,34). The Labute approximate surface area is 208 Å². The first-order valence-corrected chi connectivity index (χ1v) is 12.3. The minimum atomic E-state index is -0.744. The second-order valence-corrected chi connectivity index (χ2v) is 9.71. The number of aromatic nitrogens is 1. The van der Waals surface area contributed by atoms with E-state index in [0.29, 0.717) is 44.6 Å². The molecule has 0 saturated carbocycles. The summed E-state index contributed by atoms with van der Waals surface area (Å²) in [6, 6.07) is 6.84. The molecule has 0 radical (unpaired) electrons. The molecule has 2 N–H and O–H groups in total. The van der Waals surface area contributed by atoms with Crippen LogP contribution in [0.15, 0.2) is 35.3 Å². The quantitative estimate of drug-likeness (QED) is 0.614. The topological polar surface area (TPSA) is 121 Å². The first kappa shape index (κ1) is 23.8. The van der Waals surface area contributed by atoms with E-state index in [1.807, 2.05) is 11.0 Å². The third-order valence-electron chi connectivity index (χ3n) is 7.28. The van der Waals surface area contributed by atoms with Crippen molar-refractivity contribution in [3.05, 3.63) is 57.5 Å². The predicted molar refractivity (Wildman–Crippen MR) is 133 cm³/mol. The van der Waals surface area contributed by atoms with E-state index in [0.717, 1.165) is 36.2 Å². The van der Waals surface area contributed by atoms with Crippen LogP contribution in [0, 0.1) is 5.92 Å². The van der Waals surface area contributed by atoms with Crippen molar-refractivity contribution in [1.82, 2.24) is 14.8 Å². The van der Waals surface area contributed by atoms with Crippen LogP contribution in [0.2, 0.25) is 0 Å². The van der Waals surface area contributed by atoms with Gasteiger partial charge in [-0.3, -0.25) is 24.0 Å². The number of nitrogens with zero attached hydrogens (tertiary/aromatic N) is 3. The van der Waals surface area contributed by atoms with Crippen LogP contribution in [0.4, 0.5) is 11.4 Å². The molecule has 3 aliphatic heterocycles. The van der Waals surface area contributed by atoms with Crippen molar-refractivity contribution in [3.63, 3.8) is 0 Å². The van der Waals surface area contributed by atoms with E-state index in [1.54, 1.807) is 36.3 Å². The van der Waals surface area contributed by atoms with Crippen LogP contribution >= 0.6 is 0 Å². The van der Waals surface area contributed by atoms with Gasteiger partial charge in [-0.25, -0.2) is 0 Å². The molecule has 1 fully saturated rings. The zero-order valence-electron chi connectivity index (χ0n) is 20.2. The number of rotatable bonds is 4. The molecule has 1 aromatic carbocycles. The lowest BCUT2D eigenvalue weighted by Gasteiger charge is -2.32. The molecule has 0 bridgehead atoms. The fourth-order valence-electron chi connectivity index (χ4n) is 5.33. The average Bonchev–Trinajstić information content (AvgIpc) is 3.20. The number of hydrogen-bond acceptors (Lipinski definition) is 5. The fourth-order valence-corrected chi connectivity index (χ4v) is 5.33. The van der Waals surface area contributed by atoms with Gasteiger partial charge in [0.1, 0.15) is 5.56 Å². The largest absolute Gasteiger partial charge is 0.348 e. The lowest BCUT2D eigenvalue weighted by atomic mass is 9.96. The molecule has 0 spiro atoms. The summed E-state index contributed by atoms with van der Waals surface area (Å²) in [6.45, 7) is 2.03. The average molecular weight is 492 g/mol. The number of piperidine rings is 1. The van der Waals surface area contributed by atoms with Gasteiger partial charge >= 0.3 is 11.8 Å². The van der Waals surface area contributed by atoms with E-state index in [1.165, 1.54) is 4.57 Å². The number of aryl methyl sites for hydroxylation is 2. The van der Waals surface area contributed by atoms with Crippen LogP contribution < -0.4 is 21.1 Å². The minimum absolute atomic E-state index is 0.0751. The Kier molecular flexibility index (Phi) is 6.34. The molecule has 1 saturated heterocycles. The number of likely N-dealkylation sites (tertiary alicyclic amines) is 1. The van der Waals surface area contributed by atoms with Gasteiger partial charge < -0.3 is 25.0 Å². The number of hydrogen-bond donors (Lipinski definition) is 2. The molecule has 1 aromatic heterocycles. The smallest absolute Gasteiger partial charge is 0.313 e. The summed E-state index contributed by atoms with van der Waals surface area (Å²) in [7, 11) is 1.61. The molecule has 3 aliphatic rings. The Morgan fingerprint density at radius 2 is 1.78 bits per heavy atom. The number of pyridine rings is 1. The van der Waals surface area contributed by atoms with Gasteiger partial charge in [0.2, 0.25) is 5.91 Å². The Morgan fingerprint density at radius 1 is 1.03 bits per heavy atom. The normalized spacial score (nSPS) is 17.1. The first-order valence-electron chi connectivity index (χ1n) is 12.3. The molecule has 4 heterocycles. The van der Waals surface area contributed by atoms with Crippen LogP contribution in [-0.2, 0) is 34.3 Å². The molecule has 188 valence electrons. The monoisotopic (exact) mass is 491 g/mol. The molecule has 10 heteroatoms. The fraction of sp³-hybridized carbons (Fsp3) is 0.423. The van der Waals surface area contributed by atoms with E-state index >= 15 is 0 Å².